The Hall–Kier alpha value is -1.32. The second-order valence-electron chi connectivity index (χ2n) is 8.60. The van der Waals surface area contributed by atoms with Crippen LogP contribution in [0.15, 0.2) is 6.20 Å². The van der Waals surface area contributed by atoms with Gasteiger partial charge in [0.05, 0.1) is 0 Å². The lowest BCUT2D eigenvalue weighted by Crippen LogP contribution is -2.43. The van der Waals surface area contributed by atoms with E-state index in [2.05, 4.69) is 22.6 Å². The Bertz CT molecular complexity index is 590. The number of piperidine rings is 1. The molecule has 4 rings (SSSR count). The van der Waals surface area contributed by atoms with E-state index in [-0.39, 0.29) is 0 Å². The molecule has 0 radical (unpaired) electrons. The van der Waals surface area contributed by atoms with Crippen LogP contribution in [-0.4, -0.2) is 33.4 Å². The monoisotopic (exact) mass is 343 g/mol. The van der Waals surface area contributed by atoms with Gasteiger partial charge in [-0.15, -0.1) is 0 Å². The second kappa shape index (κ2) is 7.51. The highest BCUT2D eigenvalue weighted by Crippen LogP contribution is 2.36. The summed E-state index contributed by atoms with van der Waals surface area (Å²) in [6.45, 7) is 5.22. The number of amides is 1. The standard InChI is InChI=1S/C21H33N3O/c1-16-14-22-20(18-8-5-9-18)24(16)15-17-10-12-23(13-11-17)21(25)19-6-3-2-4-7-19/h14,17-19H,2-13,15H2,1H3. The van der Waals surface area contributed by atoms with Gasteiger partial charge in [-0.25, -0.2) is 4.98 Å². The van der Waals surface area contributed by atoms with Crippen LogP contribution in [0, 0.1) is 18.8 Å². The van der Waals surface area contributed by atoms with E-state index >= 15 is 0 Å². The Morgan fingerprint density at radius 3 is 2.40 bits per heavy atom. The van der Waals surface area contributed by atoms with Gasteiger partial charge in [0, 0.05) is 43.4 Å². The molecule has 1 aromatic rings. The van der Waals surface area contributed by atoms with Gasteiger partial charge in [-0.05, 0) is 51.4 Å². The van der Waals surface area contributed by atoms with Gasteiger partial charge < -0.3 is 9.47 Å². The quantitative estimate of drug-likeness (QED) is 0.818. The molecule has 2 saturated carbocycles. The molecule has 1 aromatic heterocycles. The Kier molecular flexibility index (Phi) is 5.14. The molecular formula is C21H33N3O. The zero-order chi connectivity index (χ0) is 17.2. The number of rotatable bonds is 4. The molecular weight excluding hydrogens is 310 g/mol. The SMILES string of the molecule is Cc1cnc(C2CCC2)n1CC1CCN(C(=O)C2CCCCC2)CC1. The van der Waals surface area contributed by atoms with Crippen LogP contribution in [0.3, 0.4) is 0 Å². The van der Waals surface area contributed by atoms with E-state index in [0.29, 0.717) is 23.7 Å². The lowest BCUT2D eigenvalue weighted by molar-refractivity contribution is -0.138. The third-order valence-electron chi connectivity index (χ3n) is 6.88. The molecule has 0 aromatic carbocycles. The molecule has 1 saturated heterocycles. The van der Waals surface area contributed by atoms with Gasteiger partial charge in [-0.2, -0.15) is 0 Å². The van der Waals surface area contributed by atoms with Gasteiger partial charge >= 0.3 is 0 Å². The number of hydrogen-bond acceptors (Lipinski definition) is 2. The molecule has 0 spiro atoms. The van der Waals surface area contributed by atoms with Gasteiger partial charge in [0.25, 0.3) is 0 Å². The maximum absolute atomic E-state index is 12.7. The summed E-state index contributed by atoms with van der Waals surface area (Å²) in [7, 11) is 0. The first-order chi connectivity index (χ1) is 12.2. The minimum atomic E-state index is 0.325. The summed E-state index contributed by atoms with van der Waals surface area (Å²) in [5.41, 5.74) is 1.31. The van der Waals surface area contributed by atoms with Crippen LogP contribution < -0.4 is 0 Å². The van der Waals surface area contributed by atoms with E-state index in [1.165, 1.54) is 50.0 Å². The van der Waals surface area contributed by atoms with E-state index in [1.807, 2.05) is 0 Å². The first kappa shape index (κ1) is 17.1. The molecule has 1 aliphatic heterocycles. The molecule has 4 heteroatoms. The minimum Gasteiger partial charge on any atom is -0.342 e. The van der Waals surface area contributed by atoms with Crippen LogP contribution in [0.4, 0.5) is 0 Å². The highest BCUT2D eigenvalue weighted by Gasteiger charge is 2.30. The molecule has 4 nitrogen and oxygen atoms in total. The molecule has 2 heterocycles. The van der Waals surface area contributed by atoms with Crippen molar-refractivity contribution in [2.75, 3.05) is 13.1 Å². The average molecular weight is 344 g/mol. The van der Waals surface area contributed by atoms with Crippen LogP contribution in [0.2, 0.25) is 0 Å². The molecule has 1 amide bonds. The first-order valence-electron chi connectivity index (χ1n) is 10.5. The van der Waals surface area contributed by atoms with Crippen LogP contribution >= 0.6 is 0 Å². The van der Waals surface area contributed by atoms with Crippen molar-refractivity contribution in [1.29, 1.82) is 0 Å². The number of imidazole rings is 1. The third-order valence-corrected chi connectivity index (χ3v) is 6.88. The number of aryl methyl sites for hydroxylation is 1. The van der Waals surface area contributed by atoms with E-state index in [4.69, 9.17) is 4.98 Å². The van der Waals surface area contributed by atoms with Gasteiger partial charge in [-0.3, -0.25) is 4.79 Å². The van der Waals surface area contributed by atoms with E-state index in [9.17, 15) is 4.79 Å². The fourth-order valence-electron chi connectivity index (χ4n) is 4.91. The number of hydrogen-bond donors (Lipinski definition) is 0. The summed E-state index contributed by atoms with van der Waals surface area (Å²) in [6, 6.07) is 0. The Morgan fingerprint density at radius 1 is 1.04 bits per heavy atom. The van der Waals surface area contributed by atoms with E-state index in [0.717, 1.165) is 45.3 Å². The van der Waals surface area contributed by atoms with Crippen LogP contribution in [0.1, 0.15) is 81.6 Å². The molecule has 3 aliphatic rings. The van der Waals surface area contributed by atoms with Crippen LogP contribution in [0.25, 0.3) is 0 Å². The van der Waals surface area contributed by atoms with Crippen LogP contribution in [-0.2, 0) is 11.3 Å². The molecule has 0 unspecified atom stereocenters. The summed E-state index contributed by atoms with van der Waals surface area (Å²) < 4.78 is 2.48. The zero-order valence-electron chi connectivity index (χ0n) is 15.8. The predicted octanol–water partition coefficient (Wildman–Crippen LogP) is 4.28. The minimum absolute atomic E-state index is 0.325. The lowest BCUT2D eigenvalue weighted by atomic mass is 9.84. The third kappa shape index (κ3) is 3.63. The fraction of sp³-hybridized carbons (Fsp3) is 0.810. The summed E-state index contributed by atoms with van der Waals surface area (Å²) >= 11 is 0. The average Bonchev–Trinajstić information content (AvgIpc) is 2.95. The number of aromatic nitrogens is 2. The van der Waals surface area contributed by atoms with Crippen molar-refractivity contribution >= 4 is 5.91 Å². The van der Waals surface area contributed by atoms with Crippen molar-refractivity contribution in [3.63, 3.8) is 0 Å². The smallest absolute Gasteiger partial charge is 0.225 e. The van der Waals surface area contributed by atoms with Gasteiger partial charge in [0.15, 0.2) is 0 Å². The second-order valence-corrected chi connectivity index (χ2v) is 8.60. The molecule has 25 heavy (non-hydrogen) atoms. The molecule has 2 aliphatic carbocycles. The largest absolute Gasteiger partial charge is 0.342 e. The van der Waals surface area contributed by atoms with Crippen molar-refractivity contribution < 1.29 is 4.79 Å². The predicted molar refractivity (Wildman–Crippen MR) is 99.4 cm³/mol. The van der Waals surface area contributed by atoms with E-state index in [1.54, 1.807) is 0 Å². The number of nitrogens with zero attached hydrogens (tertiary/aromatic N) is 3. The molecule has 0 atom stereocenters. The van der Waals surface area contributed by atoms with Crippen molar-refractivity contribution in [2.24, 2.45) is 11.8 Å². The number of carbonyl (C=O) groups is 1. The lowest BCUT2D eigenvalue weighted by Gasteiger charge is -2.36. The van der Waals surface area contributed by atoms with Gasteiger partial charge in [-0.1, -0.05) is 25.7 Å². The van der Waals surface area contributed by atoms with Crippen molar-refractivity contribution in [3.05, 3.63) is 17.7 Å². The van der Waals surface area contributed by atoms with Crippen LogP contribution in [0.5, 0.6) is 0 Å². The normalized spacial score (nSPS) is 23.6. The topological polar surface area (TPSA) is 38.1 Å². The first-order valence-corrected chi connectivity index (χ1v) is 10.5. The number of likely N-dealkylation sites (tertiary alicyclic amines) is 1. The molecule has 138 valence electrons. The highest BCUT2D eigenvalue weighted by atomic mass is 16.2. The van der Waals surface area contributed by atoms with Crippen molar-refractivity contribution in [2.45, 2.75) is 83.6 Å². The summed E-state index contributed by atoms with van der Waals surface area (Å²) in [5, 5.41) is 0. The Balaban J connectivity index is 1.32. The van der Waals surface area contributed by atoms with Crippen molar-refractivity contribution in [1.82, 2.24) is 14.5 Å². The molecule has 3 fully saturated rings. The van der Waals surface area contributed by atoms with E-state index < -0.39 is 0 Å². The maximum Gasteiger partial charge on any atom is 0.225 e. The maximum atomic E-state index is 12.7. The zero-order valence-corrected chi connectivity index (χ0v) is 15.8. The Labute approximate surface area is 152 Å². The van der Waals surface area contributed by atoms with Crippen molar-refractivity contribution in [3.8, 4) is 0 Å². The molecule has 0 bridgehead atoms. The fourth-order valence-corrected chi connectivity index (χ4v) is 4.91. The van der Waals surface area contributed by atoms with Gasteiger partial charge in [0.2, 0.25) is 5.91 Å². The molecule has 0 N–H and O–H groups in total. The van der Waals surface area contributed by atoms with Gasteiger partial charge in [0.1, 0.15) is 5.82 Å². The highest BCUT2D eigenvalue weighted by molar-refractivity contribution is 5.79. The summed E-state index contributed by atoms with van der Waals surface area (Å²) in [6.07, 6.45) is 14.4. The Morgan fingerprint density at radius 2 is 1.76 bits per heavy atom. The summed E-state index contributed by atoms with van der Waals surface area (Å²) in [4.78, 5) is 19.6. The summed E-state index contributed by atoms with van der Waals surface area (Å²) in [5.74, 6) is 3.49. The number of carbonyl (C=O) groups excluding carboxylic acids is 1.